The molecule has 1 heterocycles. The second kappa shape index (κ2) is 7.08. The fourth-order valence-electron chi connectivity index (χ4n) is 1.95. The van der Waals surface area contributed by atoms with Gasteiger partial charge in [0.1, 0.15) is 28.4 Å². The highest BCUT2D eigenvalue weighted by Gasteiger charge is 2.43. The van der Waals surface area contributed by atoms with Crippen LogP contribution in [0, 0.1) is 11.3 Å². The van der Waals surface area contributed by atoms with Crippen LogP contribution in [0.1, 0.15) is 17.3 Å². The molecule has 1 aromatic heterocycles. The molecule has 10 heteroatoms. The molecule has 0 aliphatic rings. The van der Waals surface area contributed by atoms with Crippen LogP contribution in [0.25, 0.3) is 0 Å². The molecule has 0 bridgehead atoms. The zero-order valence-electron chi connectivity index (χ0n) is 12.8. The minimum absolute atomic E-state index is 0.0542. The van der Waals surface area contributed by atoms with Crippen molar-refractivity contribution < 1.29 is 26.3 Å². The number of rotatable bonds is 5. The summed E-state index contributed by atoms with van der Waals surface area (Å²) >= 11 is 0. The summed E-state index contributed by atoms with van der Waals surface area (Å²) in [6, 6.07) is 6.19. The van der Waals surface area contributed by atoms with Crippen molar-refractivity contribution in [2.75, 3.05) is 7.11 Å². The van der Waals surface area contributed by atoms with Gasteiger partial charge in [-0.15, -0.1) is 0 Å². The molecule has 0 spiro atoms. The van der Waals surface area contributed by atoms with E-state index >= 15 is 0 Å². The standard InChI is InChI=1S/C15H12F3N3O3S/c1-24-12-5-2-10(3-6-12)14(15(16,17)18)21-25(22,23)13-7-4-11(8-19)20-9-13/h2-7,9,14,21H,1H3. The third-order valence-electron chi connectivity index (χ3n) is 3.21. The fraction of sp³-hybridized carbons (Fsp3) is 0.200. The third-order valence-corrected chi connectivity index (χ3v) is 4.62. The zero-order chi connectivity index (χ0) is 18.7. The first-order valence-corrected chi connectivity index (χ1v) is 8.25. The van der Waals surface area contributed by atoms with E-state index < -0.39 is 27.1 Å². The van der Waals surface area contributed by atoms with Gasteiger partial charge in [-0.3, -0.25) is 0 Å². The van der Waals surface area contributed by atoms with Crippen molar-refractivity contribution >= 4 is 10.0 Å². The van der Waals surface area contributed by atoms with Gasteiger partial charge in [0.05, 0.1) is 7.11 Å². The van der Waals surface area contributed by atoms with Crippen LogP contribution in [0.4, 0.5) is 13.2 Å². The van der Waals surface area contributed by atoms with Crippen molar-refractivity contribution in [3.8, 4) is 11.8 Å². The van der Waals surface area contributed by atoms with E-state index in [9.17, 15) is 21.6 Å². The lowest BCUT2D eigenvalue weighted by Gasteiger charge is -2.22. The summed E-state index contributed by atoms with van der Waals surface area (Å²) in [4.78, 5) is 3.07. The van der Waals surface area contributed by atoms with Gasteiger partial charge in [-0.2, -0.15) is 23.2 Å². The Morgan fingerprint density at radius 2 is 1.84 bits per heavy atom. The first-order valence-electron chi connectivity index (χ1n) is 6.76. The molecule has 0 radical (unpaired) electrons. The number of hydrogen-bond acceptors (Lipinski definition) is 5. The minimum atomic E-state index is -4.86. The third kappa shape index (κ3) is 4.46. The summed E-state index contributed by atoms with van der Waals surface area (Å²) in [5.74, 6) is 0.337. The van der Waals surface area contributed by atoms with Gasteiger partial charge < -0.3 is 4.74 Å². The lowest BCUT2D eigenvalue weighted by molar-refractivity contribution is -0.153. The van der Waals surface area contributed by atoms with Crippen LogP contribution in [0.15, 0.2) is 47.5 Å². The van der Waals surface area contributed by atoms with Crippen LogP contribution in [-0.4, -0.2) is 26.7 Å². The van der Waals surface area contributed by atoms with Gasteiger partial charge in [-0.05, 0) is 29.8 Å². The predicted octanol–water partition coefficient (Wildman–Crippen LogP) is 2.54. The Morgan fingerprint density at radius 3 is 2.28 bits per heavy atom. The average Bonchev–Trinajstić information content (AvgIpc) is 2.59. The van der Waals surface area contributed by atoms with Crippen molar-refractivity contribution in [3.63, 3.8) is 0 Å². The highest BCUT2D eigenvalue weighted by Crippen LogP contribution is 2.34. The number of nitrogens with one attached hydrogen (secondary N) is 1. The largest absolute Gasteiger partial charge is 0.497 e. The topological polar surface area (TPSA) is 92.1 Å². The molecule has 1 aromatic carbocycles. The summed E-state index contributed by atoms with van der Waals surface area (Å²) in [6.45, 7) is 0. The van der Waals surface area contributed by atoms with E-state index in [1.54, 1.807) is 10.8 Å². The van der Waals surface area contributed by atoms with Crippen LogP contribution in [-0.2, 0) is 10.0 Å². The van der Waals surface area contributed by atoms with Gasteiger partial charge in [-0.25, -0.2) is 13.4 Å². The molecule has 1 N–H and O–H groups in total. The highest BCUT2D eigenvalue weighted by atomic mass is 32.2. The van der Waals surface area contributed by atoms with Crippen LogP contribution >= 0.6 is 0 Å². The number of methoxy groups -OCH3 is 1. The second-order valence-corrected chi connectivity index (χ2v) is 6.57. The summed E-state index contributed by atoms with van der Waals surface area (Å²) in [6.07, 6.45) is -4.04. The SMILES string of the molecule is COc1ccc(C(NS(=O)(=O)c2ccc(C#N)nc2)C(F)(F)F)cc1. The summed E-state index contributed by atoms with van der Waals surface area (Å²) < 4.78 is 71.0. The number of halogens is 3. The second-order valence-electron chi connectivity index (χ2n) is 4.86. The maximum Gasteiger partial charge on any atom is 0.408 e. The molecular formula is C15H12F3N3O3S. The molecule has 2 aromatic rings. The number of sulfonamides is 1. The molecule has 25 heavy (non-hydrogen) atoms. The molecule has 6 nitrogen and oxygen atoms in total. The molecular weight excluding hydrogens is 359 g/mol. The monoisotopic (exact) mass is 371 g/mol. The molecule has 0 aliphatic carbocycles. The lowest BCUT2D eigenvalue weighted by Crippen LogP contribution is -2.38. The maximum absolute atomic E-state index is 13.3. The highest BCUT2D eigenvalue weighted by molar-refractivity contribution is 7.89. The summed E-state index contributed by atoms with van der Waals surface area (Å²) in [5, 5.41) is 8.64. The summed E-state index contributed by atoms with van der Waals surface area (Å²) in [5.41, 5.74) is -0.347. The van der Waals surface area contributed by atoms with Gasteiger partial charge in [-0.1, -0.05) is 12.1 Å². The minimum Gasteiger partial charge on any atom is -0.497 e. The van der Waals surface area contributed by atoms with Crippen LogP contribution < -0.4 is 9.46 Å². The maximum atomic E-state index is 13.3. The van der Waals surface area contributed by atoms with E-state index in [1.165, 1.54) is 19.2 Å². The van der Waals surface area contributed by atoms with Crippen molar-refractivity contribution in [1.29, 1.82) is 5.26 Å². The Hall–Kier alpha value is -2.64. The number of ether oxygens (including phenoxy) is 1. The number of alkyl halides is 3. The van der Waals surface area contributed by atoms with Gasteiger partial charge in [0.2, 0.25) is 10.0 Å². The van der Waals surface area contributed by atoms with E-state index in [-0.39, 0.29) is 11.3 Å². The van der Waals surface area contributed by atoms with Crippen molar-refractivity contribution in [1.82, 2.24) is 9.71 Å². The fourth-order valence-corrected chi connectivity index (χ4v) is 3.10. The molecule has 2 rings (SSSR count). The Kier molecular flexibility index (Phi) is 5.30. The molecule has 0 saturated heterocycles. The molecule has 132 valence electrons. The number of nitrogens with zero attached hydrogens (tertiary/aromatic N) is 2. The van der Waals surface area contributed by atoms with Crippen LogP contribution in [0.2, 0.25) is 0 Å². The van der Waals surface area contributed by atoms with Crippen molar-refractivity contribution in [3.05, 3.63) is 53.9 Å². The smallest absolute Gasteiger partial charge is 0.408 e. The molecule has 0 aliphatic heterocycles. The molecule has 0 amide bonds. The predicted molar refractivity (Wildman–Crippen MR) is 81.1 cm³/mol. The quantitative estimate of drug-likeness (QED) is 0.872. The number of nitriles is 1. The first kappa shape index (κ1) is 18.7. The van der Waals surface area contributed by atoms with Crippen LogP contribution in [0.5, 0.6) is 5.75 Å². The Morgan fingerprint density at radius 1 is 1.20 bits per heavy atom. The number of hydrogen-bond donors (Lipinski definition) is 1. The summed E-state index contributed by atoms with van der Waals surface area (Å²) in [7, 11) is -3.15. The molecule has 1 unspecified atom stereocenters. The van der Waals surface area contributed by atoms with Crippen LogP contribution in [0.3, 0.4) is 0 Å². The van der Waals surface area contributed by atoms with E-state index in [1.807, 2.05) is 0 Å². The number of aromatic nitrogens is 1. The Labute approximate surface area is 141 Å². The number of pyridine rings is 1. The van der Waals surface area contributed by atoms with Gasteiger partial charge >= 0.3 is 6.18 Å². The van der Waals surface area contributed by atoms with E-state index in [4.69, 9.17) is 10.00 Å². The normalized spacial score (nSPS) is 13.1. The van der Waals surface area contributed by atoms with Gasteiger partial charge in [0.25, 0.3) is 0 Å². The number of benzene rings is 1. The lowest BCUT2D eigenvalue weighted by atomic mass is 10.1. The Bertz CT molecular complexity index is 873. The molecule has 1 atom stereocenters. The molecule has 0 saturated carbocycles. The average molecular weight is 371 g/mol. The van der Waals surface area contributed by atoms with Gasteiger partial charge in [0.15, 0.2) is 0 Å². The van der Waals surface area contributed by atoms with Crippen molar-refractivity contribution in [2.24, 2.45) is 0 Å². The molecule has 0 fully saturated rings. The van der Waals surface area contributed by atoms with Gasteiger partial charge in [0, 0.05) is 6.20 Å². The van der Waals surface area contributed by atoms with E-state index in [2.05, 4.69) is 4.98 Å². The van der Waals surface area contributed by atoms with E-state index in [0.29, 0.717) is 5.75 Å². The first-order chi connectivity index (χ1) is 11.7. The Balaban J connectivity index is 2.36. The van der Waals surface area contributed by atoms with Crippen molar-refractivity contribution in [2.45, 2.75) is 17.1 Å². The zero-order valence-corrected chi connectivity index (χ0v) is 13.6. The van der Waals surface area contributed by atoms with E-state index in [0.717, 1.165) is 30.5 Å².